The number of rotatable bonds is 4. The molecule has 1 N–H and O–H groups in total. The van der Waals surface area contributed by atoms with Gasteiger partial charge < -0.3 is 5.32 Å². The zero-order chi connectivity index (χ0) is 17.2. The van der Waals surface area contributed by atoms with E-state index in [1.165, 1.54) is 0 Å². The van der Waals surface area contributed by atoms with Gasteiger partial charge in [0.15, 0.2) is 0 Å². The largest absolute Gasteiger partial charge is 0.307 e. The number of benzene rings is 2. The van der Waals surface area contributed by atoms with Crippen LogP contribution in [0.3, 0.4) is 0 Å². The maximum atomic E-state index is 13.1. The molecule has 1 fully saturated rings. The summed E-state index contributed by atoms with van der Waals surface area (Å²) >= 11 is 0. The number of sulfonamides is 1. The third kappa shape index (κ3) is 3.24. The number of hydrogen-bond acceptors (Lipinski definition) is 3. The standard InChI is InChI=1S/C19H24N2O2S/c1-3-18-19(16-7-5-4-6-8-16)20-13-14-21(18)24(22,23)17-11-9-15(2)10-12-17/h4-12,18-20H,3,13-14H2,1-2H3/t18-,19+/m0/s1. The topological polar surface area (TPSA) is 49.4 Å². The second-order valence-corrected chi connectivity index (χ2v) is 8.14. The summed E-state index contributed by atoms with van der Waals surface area (Å²) in [4.78, 5) is 0.375. The summed E-state index contributed by atoms with van der Waals surface area (Å²) in [5.41, 5.74) is 2.19. The highest BCUT2D eigenvalue weighted by atomic mass is 32.2. The van der Waals surface area contributed by atoms with Gasteiger partial charge >= 0.3 is 0 Å². The first kappa shape index (κ1) is 17.1. The fourth-order valence-electron chi connectivity index (χ4n) is 3.38. The minimum absolute atomic E-state index is 0.0187. The summed E-state index contributed by atoms with van der Waals surface area (Å²) in [6.07, 6.45) is 0.762. The van der Waals surface area contributed by atoms with Gasteiger partial charge in [-0.1, -0.05) is 55.0 Å². The van der Waals surface area contributed by atoms with Crippen molar-refractivity contribution in [2.75, 3.05) is 13.1 Å². The van der Waals surface area contributed by atoms with Gasteiger partial charge in [0.1, 0.15) is 0 Å². The summed E-state index contributed by atoms with van der Waals surface area (Å²) in [6.45, 7) is 5.16. The highest BCUT2D eigenvalue weighted by Crippen LogP contribution is 2.30. The number of piperazine rings is 1. The molecule has 5 heteroatoms. The Morgan fingerprint density at radius 2 is 1.75 bits per heavy atom. The average Bonchev–Trinajstić information content (AvgIpc) is 2.62. The second kappa shape index (κ2) is 7.05. The van der Waals surface area contributed by atoms with Gasteiger partial charge in [-0.2, -0.15) is 4.31 Å². The first-order valence-corrected chi connectivity index (χ1v) is 9.85. The van der Waals surface area contributed by atoms with Gasteiger partial charge in [-0.05, 0) is 31.0 Å². The maximum Gasteiger partial charge on any atom is 0.243 e. The molecular formula is C19H24N2O2S. The predicted octanol–water partition coefficient (Wildman–Crippen LogP) is 3.11. The number of hydrogen-bond donors (Lipinski definition) is 1. The van der Waals surface area contributed by atoms with Crippen molar-refractivity contribution in [3.05, 3.63) is 65.7 Å². The van der Waals surface area contributed by atoms with E-state index in [0.29, 0.717) is 18.0 Å². The van der Waals surface area contributed by atoms with Crippen LogP contribution >= 0.6 is 0 Å². The Bertz CT molecular complexity index is 773. The minimum atomic E-state index is -3.49. The van der Waals surface area contributed by atoms with E-state index in [1.807, 2.05) is 44.2 Å². The lowest BCUT2D eigenvalue weighted by Crippen LogP contribution is -2.54. The van der Waals surface area contributed by atoms with Crippen LogP contribution in [0.2, 0.25) is 0 Å². The zero-order valence-corrected chi connectivity index (χ0v) is 15.0. The van der Waals surface area contributed by atoms with Crippen LogP contribution in [0.5, 0.6) is 0 Å². The van der Waals surface area contributed by atoms with Gasteiger partial charge in [0.05, 0.1) is 4.90 Å². The van der Waals surface area contributed by atoms with Gasteiger partial charge in [-0.25, -0.2) is 8.42 Å². The van der Waals surface area contributed by atoms with Crippen molar-refractivity contribution >= 4 is 10.0 Å². The lowest BCUT2D eigenvalue weighted by atomic mass is 9.95. The smallest absolute Gasteiger partial charge is 0.243 e. The van der Waals surface area contributed by atoms with Gasteiger partial charge in [0.2, 0.25) is 10.0 Å². The molecule has 0 aliphatic carbocycles. The van der Waals surface area contributed by atoms with Gasteiger partial charge in [0.25, 0.3) is 0 Å². The number of aryl methyl sites for hydroxylation is 1. The third-order valence-electron chi connectivity index (χ3n) is 4.66. The monoisotopic (exact) mass is 344 g/mol. The number of nitrogens with one attached hydrogen (secondary N) is 1. The summed E-state index contributed by atoms with van der Waals surface area (Å²) in [5.74, 6) is 0. The van der Waals surface area contributed by atoms with Gasteiger partial charge in [-0.15, -0.1) is 0 Å². The molecule has 1 saturated heterocycles. The highest BCUT2D eigenvalue weighted by molar-refractivity contribution is 7.89. The van der Waals surface area contributed by atoms with E-state index in [4.69, 9.17) is 0 Å². The van der Waals surface area contributed by atoms with Crippen LogP contribution in [0, 0.1) is 6.92 Å². The normalized spacial score (nSPS) is 22.4. The first-order valence-electron chi connectivity index (χ1n) is 8.41. The van der Waals surface area contributed by atoms with Crippen LogP contribution < -0.4 is 5.32 Å². The fourth-order valence-corrected chi connectivity index (χ4v) is 5.09. The maximum absolute atomic E-state index is 13.1. The van der Waals surface area contributed by atoms with Crippen molar-refractivity contribution in [2.45, 2.75) is 37.2 Å². The molecule has 2 aromatic rings. The third-order valence-corrected chi connectivity index (χ3v) is 6.59. The second-order valence-electron chi connectivity index (χ2n) is 6.25. The van der Waals surface area contributed by atoms with E-state index in [2.05, 4.69) is 17.4 Å². The van der Waals surface area contributed by atoms with E-state index < -0.39 is 10.0 Å². The fraction of sp³-hybridized carbons (Fsp3) is 0.368. The molecule has 4 nitrogen and oxygen atoms in total. The minimum Gasteiger partial charge on any atom is -0.307 e. The van der Waals surface area contributed by atoms with E-state index >= 15 is 0 Å². The molecule has 0 aromatic heterocycles. The molecule has 0 spiro atoms. The van der Waals surface area contributed by atoms with Gasteiger partial charge in [0, 0.05) is 25.2 Å². The van der Waals surface area contributed by atoms with Crippen molar-refractivity contribution in [1.29, 1.82) is 0 Å². The van der Waals surface area contributed by atoms with Crippen molar-refractivity contribution in [3.63, 3.8) is 0 Å². The molecule has 0 bridgehead atoms. The van der Waals surface area contributed by atoms with Crippen molar-refractivity contribution in [1.82, 2.24) is 9.62 Å². The highest BCUT2D eigenvalue weighted by Gasteiger charge is 2.38. The van der Waals surface area contributed by atoms with Crippen molar-refractivity contribution in [2.24, 2.45) is 0 Å². The predicted molar refractivity (Wildman–Crippen MR) is 96.3 cm³/mol. The molecule has 0 saturated carbocycles. The molecule has 1 aliphatic rings. The molecule has 3 rings (SSSR count). The van der Waals surface area contributed by atoms with Crippen LogP contribution in [-0.2, 0) is 10.0 Å². The van der Waals surface area contributed by atoms with Crippen LogP contribution in [-0.4, -0.2) is 31.9 Å². The molecule has 24 heavy (non-hydrogen) atoms. The molecule has 2 atom stereocenters. The van der Waals surface area contributed by atoms with E-state index in [9.17, 15) is 8.42 Å². The molecule has 1 aliphatic heterocycles. The molecular weight excluding hydrogens is 320 g/mol. The van der Waals surface area contributed by atoms with Crippen LogP contribution in [0.4, 0.5) is 0 Å². The Morgan fingerprint density at radius 1 is 1.08 bits per heavy atom. The number of nitrogens with zero attached hydrogens (tertiary/aromatic N) is 1. The van der Waals surface area contributed by atoms with Crippen LogP contribution in [0.1, 0.15) is 30.5 Å². The van der Waals surface area contributed by atoms with Crippen molar-refractivity contribution in [3.8, 4) is 0 Å². The van der Waals surface area contributed by atoms with E-state index in [-0.39, 0.29) is 12.1 Å². The van der Waals surface area contributed by atoms with E-state index in [0.717, 1.165) is 17.5 Å². The molecule has 0 amide bonds. The molecule has 2 aromatic carbocycles. The Kier molecular flexibility index (Phi) is 5.04. The Hall–Kier alpha value is -1.69. The molecule has 1 heterocycles. The van der Waals surface area contributed by atoms with Crippen molar-refractivity contribution < 1.29 is 8.42 Å². The van der Waals surface area contributed by atoms with Crippen LogP contribution in [0.25, 0.3) is 0 Å². The summed E-state index contributed by atoms with van der Waals surface area (Å²) in [5, 5.41) is 3.49. The summed E-state index contributed by atoms with van der Waals surface area (Å²) in [6, 6.07) is 17.1. The lowest BCUT2D eigenvalue weighted by Gasteiger charge is -2.41. The van der Waals surface area contributed by atoms with Gasteiger partial charge in [-0.3, -0.25) is 0 Å². The van der Waals surface area contributed by atoms with Crippen LogP contribution in [0.15, 0.2) is 59.5 Å². The Labute approximate surface area is 144 Å². The zero-order valence-electron chi connectivity index (χ0n) is 14.1. The quantitative estimate of drug-likeness (QED) is 0.927. The SMILES string of the molecule is CC[C@H]1[C@@H](c2ccccc2)NCCN1S(=O)(=O)c1ccc(C)cc1. The Balaban J connectivity index is 1.95. The molecule has 128 valence electrons. The first-order chi connectivity index (χ1) is 11.5. The average molecular weight is 344 g/mol. The summed E-state index contributed by atoms with van der Waals surface area (Å²) < 4.78 is 28.0. The molecule has 0 unspecified atom stereocenters. The lowest BCUT2D eigenvalue weighted by molar-refractivity contribution is 0.203. The summed E-state index contributed by atoms with van der Waals surface area (Å²) in [7, 11) is -3.49. The van der Waals surface area contributed by atoms with E-state index in [1.54, 1.807) is 16.4 Å². The molecule has 0 radical (unpaired) electrons. The Morgan fingerprint density at radius 3 is 2.38 bits per heavy atom.